The van der Waals surface area contributed by atoms with Crippen molar-refractivity contribution in [2.45, 2.75) is 26.4 Å². The van der Waals surface area contributed by atoms with Gasteiger partial charge in [0.25, 0.3) is 0 Å². The van der Waals surface area contributed by atoms with E-state index in [1.54, 1.807) is 4.90 Å². The van der Waals surface area contributed by atoms with E-state index in [-0.39, 0.29) is 24.2 Å². The first kappa shape index (κ1) is 20.9. The van der Waals surface area contributed by atoms with Gasteiger partial charge in [0.2, 0.25) is 11.8 Å². The number of aryl methyl sites for hydroxylation is 1. The highest BCUT2D eigenvalue weighted by atomic mass is 32.2. The molecule has 2 amide bonds. The SMILES string of the molecule is Cc1ccc(CN2CC(C(=O)Nc3ccccc3CN3CCSCC3)CC2=O)cc1. The van der Waals surface area contributed by atoms with Crippen molar-refractivity contribution in [2.75, 3.05) is 36.5 Å². The summed E-state index contributed by atoms with van der Waals surface area (Å²) in [4.78, 5) is 29.7. The molecule has 2 aromatic rings. The molecule has 0 spiro atoms. The average molecular weight is 424 g/mol. The molecule has 0 bridgehead atoms. The second-order valence-corrected chi connectivity index (χ2v) is 9.42. The van der Waals surface area contributed by atoms with Gasteiger partial charge in [0, 0.05) is 56.3 Å². The molecule has 6 heteroatoms. The molecule has 2 fully saturated rings. The van der Waals surface area contributed by atoms with Gasteiger partial charge in [0.15, 0.2) is 0 Å². The summed E-state index contributed by atoms with van der Waals surface area (Å²) >= 11 is 1.99. The topological polar surface area (TPSA) is 52.7 Å². The molecule has 1 atom stereocenters. The van der Waals surface area contributed by atoms with Crippen LogP contribution >= 0.6 is 11.8 Å². The minimum Gasteiger partial charge on any atom is -0.338 e. The highest BCUT2D eigenvalue weighted by molar-refractivity contribution is 7.99. The number of carbonyl (C=O) groups excluding carboxylic acids is 2. The lowest BCUT2D eigenvalue weighted by atomic mass is 10.1. The Kier molecular flexibility index (Phi) is 6.75. The third kappa shape index (κ3) is 5.24. The van der Waals surface area contributed by atoms with E-state index < -0.39 is 0 Å². The molecule has 2 aromatic carbocycles. The monoisotopic (exact) mass is 423 g/mol. The van der Waals surface area contributed by atoms with Crippen molar-refractivity contribution >= 4 is 29.3 Å². The van der Waals surface area contributed by atoms with Crippen molar-refractivity contribution < 1.29 is 9.59 Å². The molecule has 2 heterocycles. The molecule has 2 aliphatic rings. The van der Waals surface area contributed by atoms with Crippen LogP contribution in [0, 0.1) is 12.8 Å². The Morgan fingerprint density at radius 3 is 2.57 bits per heavy atom. The number of hydrogen-bond acceptors (Lipinski definition) is 4. The lowest BCUT2D eigenvalue weighted by Gasteiger charge is -2.27. The fraction of sp³-hybridized carbons (Fsp3) is 0.417. The Balaban J connectivity index is 1.37. The van der Waals surface area contributed by atoms with Crippen LogP contribution in [0.1, 0.15) is 23.1 Å². The Labute approximate surface area is 182 Å². The summed E-state index contributed by atoms with van der Waals surface area (Å²) in [7, 11) is 0. The Morgan fingerprint density at radius 1 is 1.07 bits per heavy atom. The predicted octanol–water partition coefficient (Wildman–Crippen LogP) is 3.53. The summed E-state index contributed by atoms with van der Waals surface area (Å²) in [6.45, 7) is 6.10. The molecule has 0 radical (unpaired) electrons. The molecule has 1 unspecified atom stereocenters. The Morgan fingerprint density at radius 2 is 1.80 bits per heavy atom. The predicted molar refractivity (Wildman–Crippen MR) is 122 cm³/mol. The molecule has 2 saturated heterocycles. The summed E-state index contributed by atoms with van der Waals surface area (Å²) in [6.07, 6.45) is 0.281. The molecule has 158 valence electrons. The molecule has 2 aliphatic heterocycles. The van der Waals surface area contributed by atoms with Crippen LogP contribution in [0.4, 0.5) is 5.69 Å². The van der Waals surface area contributed by atoms with Gasteiger partial charge in [-0.2, -0.15) is 11.8 Å². The van der Waals surface area contributed by atoms with Crippen LogP contribution in [0.5, 0.6) is 0 Å². The second kappa shape index (κ2) is 9.67. The van der Waals surface area contributed by atoms with Crippen LogP contribution in [-0.2, 0) is 22.7 Å². The van der Waals surface area contributed by atoms with Crippen LogP contribution in [-0.4, -0.2) is 52.8 Å². The van der Waals surface area contributed by atoms with Crippen molar-refractivity contribution in [3.63, 3.8) is 0 Å². The fourth-order valence-corrected chi connectivity index (χ4v) is 5.01. The number of hydrogen-bond donors (Lipinski definition) is 1. The summed E-state index contributed by atoms with van der Waals surface area (Å²) in [5, 5.41) is 3.10. The van der Waals surface area contributed by atoms with E-state index in [2.05, 4.69) is 28.4 Å². The van der Waals surface area contributed by atoms with Crippen LogP contribution in [0.3, 0.4) is 0 Å². The molecule has 0 saturated carbocycles. The summed E-state index contributed by atoms with van der Waals surface area (Å²) in [5.41, 5.74) is 4.30. The maximum atomic E-state index is 12.9. The summed E-state index contributed by atoms with van der Waals surface area (Å²) in [6, 6.07) is 16.2. The van der Waals surface area contributed by atoms with Crippen LogP contribution in [0.2, 0.25) is 0 Å². The number of nitrogens with zero attached hydrogens (tertiary/aromatic N) is 2. The zero-order chi connectivity index (χ0) is 20.9. The number of amides is 2. The molecule has 0 aliphatic carbocycles. The summed E-state index contributed by atoms with van der Waals surface area (Å²) < 4.78 is 0. The molecule has 1 N–H and O–H groups in total. The van der Waals surface area contributed by atoms with Crippen LogP contribution < -0.4 is 5.32 Å². The normalized spacial score (nSPS) is 19.8. The number of para-hydroxylation sites is 1. The highest BCUT2D eigenvalue weighted by Gasteiger charge is 2.34. The van der Waals surface area contributed by atoms with Crippen molar-refractivity contribution in [1.29, 1.82) is 0 Å². The largest absolute Gasteiger partial charge is 0.338 e. The zero-order valence-corrected chi connectivity index (χ0v) is 18.3. The molecule has 4 rings (SSSR count). The average Bonchev–Trinajstić information content (AvgIpc) is 3.12. The van der Waals surface area contributed by atoms with Crippen molar-refractivity contribution in [2.24, 2.45) is 5.92 Å². The van der Waals surface area contributed by atoms with Crippen molar-refractivity contribution in [1.82, 2.24) is 9.80 Å². The summed E-state index contributed by atoms with van der Waals surface area (Å²) in [5.74, 6) is 2.01. The maximum Gasteiger partial charge on any atom is 0.229 e. The first-order valence-corrected chi connectivity index (χ1v) is 11.8. The van der Waals surface area contributed by atoms with Crippen molar-refractivity contribution in [3.8, 4) is 0 Å². The second-order valence-electron chi connectivity index (χ2n) is 8.20. The number of rotatable bonds is 6. The van der Waals surface area contributed by atoms with E-state index >= 15 is 0 Å². The third-order valence-corrected chi connectivity index (χ3v) is 6.79. The maximum absolute atomic E-state index is 12.9. The first-order valence-electron chi connectivity index (χ1n) is 10.6. The fourth-order valence-electron chi connectivity index (χ4n) is 4.03. The molecule has 5 nitrogen and oxygen atoms in total. The van der Waals surface area contributed by atoms with Gasteiger partial charge in [-0.3, -0.25) is 14.5 Å². The van der Waals surface area contributed by atoms with Gasteiger partial charge in [-0.05, 0) is 24.1 Å². The number of nitrogens with one attached hydrogen (secondary N) is 1. The van der Waals surface area contributed by atoms with Gasteiger partial charge < -0.3 is 10.2 Å². The van der Waals surface area contributed by atoms with Gasteiger partial charge in [0.05, 0.1) is 5.92 Å². The molecule has 0 aromatic heterocycles. The minimum absolute atomic E-state index is 0.0508. The lowest BCUT2D eigenvalue weighted by Crippen LogP contribution is -2.32. The smallest absolute Gasteiger partial charge is 0.229 e. The van der Waals surface area contributed by atoms with Gasteiger partial charge in [-0.25, -0.2) is 0 Å². The van der Waals surface area contributed by atoms with Crippen LogP contribution in [0.15, 0.2) is 48.5 Å². The van der Waals surface area contributed by atoms with Gasteiger partial charge >= 0.3 is 0 Å². The number of benzene rings is 2. The first-order chi connectivity index (χ1) is 14.6. The lowest BCUT2D eigenvalue weighted by molar-refractivity contribution is -0.128. The highest BCUT2D eigenvalue weighted by Crippen LogP contribution is 2.24. The van der Waals surface area contributed by atoms with E-state index in [0.29, 0.717) is 13.1 Å². The van der Waals surface area contributed by atoms with E-state index in [4.69, 9.17) is 0 Å². The molecular formula is C24H29N3O2S. The van der Waals surface area contributed by atoms with E-state index in [9.17, 15) is 9.59 Å². The zero-order valence-electron chi connectivity index (χ0n) is 17.5. The van der Waals surface area contributed by atoms with E-state index in [0.717, 1.165) is 48.0 Å². The van der Waals surface area contributed by atoms with Crippen molar-refractivity contribution in [3.05, 3.63) is 65.2 Å². The number of carbonyl (C=O) groups is 2. The third-order valence-electron chi connectivity index (χ3n) is 5.85. The standard InChI is InChI=1S/C24H29N3O2S/c1-18-6-8-19(9-7-18)15-27-17-21(14-23(27)28)24(29)25-22-5-3-2-4-20(22)16-26-10-12-30-13-11-26/h2-9,21H,10-17H2,1H3,(H,25,29). The van der Waals surface area contributed by atoms with Gasteiger partial charge in [-0.15, -0.1) is 0 Å². The molecule has 30 heavy (non-hydrogen) atoms. The number of thioether (sulfide) groups is 1. The van der Waals surface area contributed by atoms with Crippen LogP contribution in [0.25, 0.3) is 0 Å². The van der Waals surface area contributed by atoms with E-state index in [1.165, 1.54) is 5.56 Å². The van der Waals surface area contributed by atoms with E-state index in [1.807, 2.05) is 49.0 Å². The molecular weight excluding hydrogens is 394 g/mol. The van der Waals surface area contributed by atoms with Gasteiger partial charge in [-0.1, -0.05) is 48.0 Å². The number of likely N-dealkylation sites (tertiary alicyclic amines) is 1. The minimum atomic E-state index is -0.303. The number of anilines is 1. The van der Waals surface area contributed by atoms with Gasteiger partial charge in [0.1, 0.15) is 0 Å². The Hall–Kier alpha value is -2.31. The quantitative estimate of drug-likeness (QED) is 0.772. The Bertz CT molecular complexity index is 894.